The van der Waals surface area contributed by atoms with Crippen molar-refractivity contribution in [3.05, 3.63) is 17.0 Å². The van der Waals surface area contributed by atoms with Crippen LogP contribution in [0.1, 0.15) is 88.9 Å². The van der Waals surface area contributed by atoms with Crippen molar-refractivity contribution in [2.45, 2.75) is 84.8 Å². The lowest BCUT2D eigenvalue weighted by Gasteiger charge is -2.28. The fraction of sp³-hybridized carbons (Fsp3) is 0.824. The summed E-state index contributed by atoms with van der Waals surface area (Å²) >= 11 is 0. The molecule has 0 spiro atoms. The summed E-state index contributed by atoms with van der Waals surface area (Å²) in [6, 6.07) is 0.546. The summed E-state index contributed by atoms with van der Waals surface area (Å²) < 4.78 is 2.26. The summed E-state index contributed by atoms with van der Waals surface area (Å²) in [5.74, 6) is 0.859. The molecule has 0 radical (unpaired) electrons. The Bertz CT molecular complexity index is 430. The lowest BCUT2D eigenvalue weighted by molar-refractivity contribution is 0.171. The van der Waals surface area contributed by atoms with E-state index in [0.717, 1.165) is 36.4 Å². The molecule has 3 nitrogen and oxygen atoms in total. The molecule has 1 heterocycles. The Morgan fingerprint density at radius 2 is 1.80 bits per heavy atom. The van der Waals surface area contributed by atoms with Crippen LogP contribution in [0.25, 0.3) is 0 Å². The maximum absolute atomic E-state index is 10.4. The van der Waals surface area contributed by atoms with Gasteiger partial charge in [-0.25, -0.2) is 0 Å². The first-order valence-corrected chi connectivity index (χ1v) is 8.40. The van der Waals surface area contributed by atoms with Gasteiger partial charge in [-0.3, -0.25) is 4.68 Å². The van der Waals surface area contributed by atoms with Gasteiger partial charge in [-0.1, -0.05) is 27.7 Å². The summed E-state index contributed by atoms with van der Waals surface area (Å²) in [5, 5.41) is 15.2. The number of aliphatic hydroxyl groups excluding tert-OH is 1. The van der Waals surface area contributed by atoms with Crippen LogP contribution in [-0.2, 0) is 12.8 Å². The van der Waals surface area contributed by atoms with Crippen molar-refractivity contribution in [1.29, 1.82) is 0 Å². The number of aliphatic hydroxyl groups is 1. The van der Waals surface area contributed by atoms with Gasteiger partial charge in [0.25, 0.3) is 0 Å². The lowest BCUT2D eigenvalue weighted by atomic mass is 9.87. The molecule has 3 heteroatoms. The quantitative estimate of drug-likeness (QED) is 0.876. The molecule has 0 aromatic carbocycles. The van der Waals surface area contributed by atoms with Gasteiger partial charge < -0.3 is 5.11 Å². The molecule has 2 rings (SSSR count). The molecule has 1 N–H and O–H groups in total. The molecule has 1 aromatic heterocycles. The van der Waals surface area contributed by atoms with Crippen LogP contribution in [0.2, 0.25) is 0 Å². The zero-order valence-corrected chi connectivity index (χ0v) is 13.5. The fourth-order valence-electron chi connectivity index (χ4n) is 3.53. The third-order valence-corrected chi connectivity index (χ3v) is 4.85. The van der Waals surface area contributed by atoms with Crippen LogP contribution < -0.4 is 0 Å². The van der Waals surface area contributed by atoms with Crippen LogP contribution in [-0.4, -0.2) is 14.9 Å². The van der Waals surface area contributed by atoms with Gasteiger partial charge >= 0.3 is 0 Å². The highest BCUT2D eigenvalue weighted by Gasteiger charge is 2.27. The molecule has 1 aliphatic carbocycles. The van der Waals surface area contributed by atoms with Crippen molar-refractivity contribution in [3.8, 4) is 0 Å². The first kappa shape index (κ1) is 15.6. The Morgan fingerprint density at radius 1 is 1.15 bits per heavy atom. The Kier molecular flexibility index (Phi) is 5.25. The lowest BCUT2D eigenvalue weighted by Crippen LogP contribution is -2.20. The number of aromatic nitrogens is 2. The topological polar surface area (TPSA) is 38.0 Å². The standard InChI is InChI=1S/C17H30N2O/c1-5-14-17(16(20)7-3)15(6-2)19(18-14)13-10-8-12(4)9-11-13/h12-13,16,20H,5-11H2,1-4H3. The van der Waals surface area contributed by atoms with Crippen LogP contribution in [0.15, 0.2) is 0 Å². The normalized spacial score (nSPS) is 24.9. The van der Waals surface area contributed by atoms with E-state index >= 15 is 0 Å². The van der Waals surface area contributed by atoms with Crippen molar-refractivity contribution in [2.75, 3.05) is 0 Å². The molecule has 1 aliphatic rings. The summed E-state index contributed by atoms with van der Waals surface area (Å²) in [6.07, 6.45) is 7.38. The molecule has 1 saturated carbocycles. The average Bonchev–Trinajstić information content (AvgIpc) is 2.85. The predicted molar refractivity (Wildman–Crippen MR) is 82.9 cm³/mol. The molecule has 1 atom stereocenters. The van der Waals surface area contributed by atoms with E-state index in [-0.39, 0.29) is 6.10 Å². The maximum atomic E-state index is 10.4. The van der Waals surface area contributed by atoms with E-state index < -0.39 is 0 Å². The van der Waals surface area contributed by atoms with E-state index in [2.05, 4.69) is 25.5 Å². The summed E-state index contributed by atoms with van der Waals surface area (Å²) in [7, 11) is 0. The molecular weight excluding hydrogens is 248 g/mol. The largest absolute Gasteiger partial charge is 0.388 e. The summed E-state index contributed by atoms with van der Waals surface area (Å²) in [6.45, 7) is 8.72. The van der Waals surface area contributed by atoms with Gasteiger partial charge in [0, 0.05) is 11.3 Å². The number of nitrogens with zero attached hydrogens (tertiary/aromatic N) is 2. The zero-order valence-electron chi connectivity index (χ0n) is 13.5. The Morgan fingerprint density at radius 3 is 2.30 bits per heavy atom. The van der Waals surface area contributed by atoms with Gasteiger partial charge in [-0.2, -0.15) is 5.10 Å². The molecule has 114 valence electrons. The molecular formula is C17H30N2O. The highest BCUT2D eigenvalue weighted by molar-refractivity contribution is 5.29. The average molecular weight is 278 g/mol. The first-order chi connectivity index (χ1) is 9.62. The first-order valence-electron chi connectivity index (χ1n) is 8.40. The van der Waals surface area contributed by atoms with Gasteiger partial charge in [0.2, 0.25) is 0 Å². The third-order valence-electron chi connectivity index (χ3n) is 4.85. The van der Waals surface area contributed by atoms with E-state index in [1.165, 1.54) is 31.4 Å². The Labute approximate surface area is 123 Å². The minimum atomic E-state index is -0.351. The third kappa shape index (κ3) is 2.93. The van der Waals surface area contributed by atoms with Crippen molar-refractivity contribution < 1.29 is 5.11 Å². The molecule has 1 unspecified atom stereocenters. The van der Waals surface area contributed by atoms with Crippen LogP contribution in [0.3, 0.4) is 0 Å². The monoisotopic (exact) mass is 278 g/mol. The molecule has 0 aliphatic heterocycles. The maximum Gasteiger partial charge on any atom is 0.0823 e. The molecule has 1 fully saturated rings. The van der Waals surface area contributed by atoms with E-state index in [9.17, 15) is 5.11 Å². The van der Waals surface area contributed by atoms with E-state index in [4.69, 9.17) is 5.10 Å². The second kappa shape index (κ2) is 6.75. The number of rotatable bonds is 5. The smallest absolute Gasteiger partial charge is 0.0823 e. The van der Waals surface area contributed by atoms with Crippen molar-refractivity contribution in [2.24, 2.45) is 5.92 Å². The van der Waals surface area contributed by atoms with Crippen LogP contribution in [0, 0.1) is 5.92 Å². The van der Waals surface area contributed by atoms with E-state index in [1.807, 2.05) is 6.92 Å². The molecule has 1 aromatic rings. The minimum absolute atomic E-state index is 0.351. The van der Waals surface area contributed by atoms with Crippen molar-refractivity contribution in [1.82, 2.24) is 9.78 Å². The van der Waals surface area contributed by atoms with Gasteiger partial charge in [0.15, 0.2) is 0 Å². The number of aryl methyl sites for hydroxylation is 1. The summed E-state index contributed by atoms with van der Waals surface area (Å²) in [4.78, 5) is 0. The minimum Gasteiger partial charge on any atom is -0.388 e. The zero-order chi connectivity index (χ0) is 14.7. The second-order valence-corrected chi connectivity index (χ2v) is 6.30. The van der Waals surface area contributed by atoms with Gasteiger partial charge in [0.1, 0.15) is 0 Å². The van der Waals surface area contributed by atoms with Crippen LogP contribution >= 0.6 is 0 Å². The SMILES string of the molecule is CCc1nn(C2CCC(C)CC2)c(CC)c1C(O)CC. The van der Waals surface area contributed by atoms with Gasteiger partial charge in [-0.05, 0) is 50.9 Å². The highest BCUT2D eigenvalue weighted by atomic mass is 16.3. The second-order valence-electron chi connectivity index (χ2n) is 6.30. The van der Waals surface area contributed by atoms with Gasteiger partial charge in [-0.15, -0.1) is 0 Å². The number of hydrogen-bond acceptors (Lipinski definition) is 2. The summed E-state index contributed by atoms with van der Waals surface area (Å²) in [5.41, 5.74) is 3.50. The molecule has 20 heavy (non-hydrogen) atoms. The highest BCUT2D eigenvalue weighted by Crippen LogP contribution is 2.35. The van der Waals surface area contributed by atoms with Gasteiger partial charge in [0.05, 0.1) is 17.8 Å². The number of hydrogen-bond donors (Lipinski definition) is 1. The molecule has 0 bridgehead atoms. The van der Waals surface area contributed by atoms with E-state index in [0.29, 0.717) is 6.04 Å². The Balaban J connectivity index is 2.35. The van der Waals surface area contributed by atoms with E-state index in [1.54, 1.807) is 0 Å². The Hall–Kier alpha value is -0.830. The fourth-order valence-corrected chi connectivity index (χ4v) is 3.53. The predicted octanol–water partition coefficient (Wildman–Crippen LogP) is 4.20. The van der Waals surface area contributed by atoms with Crippen LogP contribution in [0.5, 0.6) is 0 Å². The van der Waals surface area contributed by atoms with Crippen LogP contribution in [0.4, 0.5) is 0 Å². The molecule has 0 amide bonds. The van der Waals surface area contributed by atoms with Crippen molar-refractivity contribution >= 4 is 0 Å². The molecule has 0 saturated heterocycles. The van der Waals surface area contributed by atoms with Crippen molar-refractivity contribution in [3.63, 3.8) is 0 Å².